The van der Waals surface area contributed by atoms with Crippen LogP contribution in [0.15, 0.2) is 163 Å². The van der Waals surface area contributed by atoms with Crippen LogP contribution in [0, 0.1) is 48.3 Å². The fourth-order valence-corrected chi connectivity index (χ4v) is 8.60. The van der Waals surface area contributed by atoms with Crippen molar-refractivity contribution in [2.75, 3.05) is 31.3 Å². The number of benzene rings is 1. The number of nitrogens with zero attached hydrogens (tertiary/aromatic N) is 11. The second-order valence-corrected chi connectivity index (χ2v) is 24.3. The molecule has 1 aromatic carbocycles. The van der Waals surface area contributed by atoms with Crippen LogP contribution in [-0.4, -0.2) is 102 Å². The second-order valence-electron chi connectivity index (χ2n) is 16.4. The number of hydrogen-bond donors (Lipinski definition) is 2. The van der Waals surface area contributed by atoms with Crippen LogP contribution in [0.4, 0.5) is 13.2 Å². The topological polar surface area (TPSA) is 333 Å². The quantitative estimate of drug-likeness (QED) is 0.0550. The van der Waals surface area contributed by atoms with Gasteiger partial charge in [-0.15, -0.1) is 48.1 Å². The summed E-state index contributed by atoms with van der Waals surface area (Å²) in [5.74, 6) is -0.784. The first kappa shape index (κ1) is 86.7. The summed E-state index contributed by atoms with van der Waals surface area (Å²) in [6.45, 7) is 1.77. The van der Waals surface area contributed by atoms with Crippen molar-refractivity contribution in [2.45, 2.75) is 45.8 Å². The number of aryl methyl sites for hydroxylation is 1. The Bertz CT molecular complexity index is 4060. The number of alkyl halides is 3. The molecular weight excluding hydrogens is 1550 g/mol. The van der Waals surface area contributed by atoms with Gasteiger partial charge < -0.3 is 31.1 Å². The maximum atomic E-state index is 13.5. The smallest absolute Gasteiger partial charge is 0.796 e. The van der Waals surface area contributed by atoms with E-state index in [4.69, 9.17) is 21.5 Å². The van der Waals surface area contributed by atoms with E-state index in [2.05, 4.69) is 63.9 Å². The van der Waals surface area contributed by atoms with E-state index < -0.39 is 52.7 Å². The van der Waals surface area contributed by atoms with Gasteiger partial charge in [-0.3, -0.25) is 28.8 Å². The Balaban J connectivity index is -0.00000118. The molecule has 0 spiro atoms. The van der Waals surface area contributed by atoms with Crippen LogP contribution >= 0.6 is 64.1 Å². The molecule has 8 aromatic rings. The van der Waals surface area contributed by atoms with Gasteiger partial charge >= 0.3 is 35.7 Å². The number of rotatable bonds is 10. The third-order valence-corrected chi connectivity index (χ3v) is 15.0. The van der Waals surface area contributed by atoms with Crippen LogP contribution in [0.2, 0.25) is 0 Å². The van der Waals surface area contributed by atoms with Gasteiger partial charge in [0.05, 0.1) is 43.9 Å². The molecule has 34 heteroatoms. The van der Waals surface area contributed by atoms with Gasteiger partial charge in [-0.05, 0) is 120 Å². The van der Waals surface area contributed by atoms with Crippen molar-refractivity contribution >= 4 is 112 Å². The van der Waals surface area contributed by atoms with E-state index in [9.17, 15) is 48.0 Å². The molecule has 0 radical (unpaired) electrons. The SMILES string of the molecule is CS(=O)(=O)c1ccc(C#N)nc1.CS(=O)(=O)c1ccc(CN)nc1.CSc1ccc(C#N)nc1.C[S-].Cc1c(-c2ccnn2C)cc(C(=O)NCc2ccc(S(C)(=O)=O)cn2)c(=O)n1-c1cccc(C(F)(F)F)c1.Cl.I.N#Cc1ccc(Br)cn1.[CH3-].[Na+].[Pd]. The molecular formula is C54H55BrClF3IN13NaO8PdS5-. The molecule has 8 rings (SSSR count). The summed E-state index contributed by atoms with van der Waals surface area (Å²) in [4.78, 5) is 47.2. The number of hydrogen-bond acceptors (Lipinski definition) is 20. The molecule has 0 saturated carbocycles. The van der Waals surface area contributed by atoms with Crippen molar-refractivity contribution in [1.29, 1.82) is 15.8 Å². The maximum Gasteiger partial charge on any atom is 1.00 e. The number of amides is 1. The Labute approximate surface area is 586 Å². The van der Waals surface area contributed by atoms with E-state index in [1.54, 1.807) is 80.8 Å². The Morgan fingerprint density at radius 1 is 0.727 bits per heavy atom. The minimum atomic E-state index is -4.63. The number of nitriles is 3. The van der Waals surface area contributed by atoms with Crippen LogP contribution in [-0.2, 0) is 88.9 Å². The summed E-state index contributed by atoms with van der Waals surface area (Å²) in [6, 6.07) is 28.6. The maximum absolute atomic E-state index is 13.5. The van der Waals surface area contributed by atoms with Crippen LogP contribution in [0.1, 0.15) is 50.1 Å². The van der Waals surface area contributed by atoms with Crippen molar-refractivity contribution in [1.82, 2.24) is 44.6 Å². The number of nitrogens with two attached hydrogens (primary N) is 1. The van der Waals surface area contributed by atoms with Crippen molar-refractivity contribution in [3.63, 3.8) is 0 Å². The predicted octanol–water partition coefficient (Wildman–Crippen LogP) is 5.64. The van der Waals surface area contributed by atoms with Gasteiger partial charge in [0.25, 0.3) is 11.5 Å². The average molecular weight is 1600 g/mol. The van der Waals surface area contributed by atoms with Crippen LogP contribution in [0.25, 0.3) is 16.9 Å². The molecule has 0 aliphatic carbocycles. The van der Waals surface area contributed by atoms with E-state index in [1.807, 2.05) is 24.5 Å². The third kappa shape index (κ3) is 27.7. The zero-order valence-electron chi connectivity index (χ0n) is 48.1. The summed E-state index contributed by atoms with van der Waals surface area (Å²) in [6.07, 6.45) is 10.7. The summed E-state index contributed by atoms with van der Waals surface area (Å²) >= 11 is 8.90. The van der Waals surface area contributed by atoms with Crippen molar-refractivity contribution in [3.05, 3.63) is 202 Å². The number of aromatic nitrogens is 8. The fraction of sp³-hybridized carbons (Fsp3) is 0.185. The number of thioether (sulfide) groups is 1. The number of nitrogens with one attached hydrogen (secondary N) is 1. The first-order chi connectivity index (χ1) is 39.0. The number of carbonyl (C=O) groups is 1. The molecule has 1 amide bonds. The summed E-state index contributed by atoms with van der Waals surface area (Å²) in [7, 11) is -8.13. The number of halogens is 6. The molecule has 0 saturated heterocycles. The normalized spacial score (nSPS) is 10.1. The Kier molecular flexibility index (Phi) is 40.4. The molecule has 3 N–H and O–H groups in total. The fourth-order valence-electron chi connectivity index (χ4n) is 6.32. The number of pyridine rings is 6. The summed E-state index contributed by atoms with van der Waals surface area (Å²) < 4.78 is 111. The minimum absolute atomic E-state index is 0. The van der Waals surface area contributed by atoms with Crippen LogP contribution in [0.5, 0.6) is 0 Å². The van der Waals surface area contributed by atoms with Crippen LogP contribution < -0.4 is 46.2 Å². The zero-order chi connectivity index (χ0) is 62.3. The standard InChI is InChI=1S/C25H22F3N5O4S.C7H10N2O2S.C7H6N2O2S.C7H6N2S.C6H3BrN2.CH4S.CH3.ClH.HI.Na.Pd/c1-15-20(22-9-10-31-32(22)2)12-21(23(34)30-13-17-7-8-19(14-29-17)38(3,36)37)24(35)33(15)18-6-4-5-16(11-18)25(26,27)28;2*1-12(10,11)7-3-2-6(4-8)9-5-7;1-10-7-3-2-6(4-8)9-5-7;7-5-1-2-6(3-8)9-4-5;1-2;;;;;/h4-12,14H,13H2,1-3H3,(H,30,34);2-3,5H,4,8H2,1H3;2-3,5H,1H3;2-3,5H,1H3;1-2,4H;2H,1H3;1H3;2*1H;;/q;;;;;;-1;;;+1;/p-1. The predicted molar refractivity (Wildman–Crippen MR) is 340 cm³/mol. The first-order valence-electron chi connectivity index (χ1n) is 23.1. The molecule has 21 nitrogen and oxygen atoms in total. The van der Waals surface area contributed by atoms with E-state index in [0.717, 1.165) is 51.0 Å². The van der Waals surface area contributed by atoms with E-state index in [0.29, 0.717) is 46.3 Å². The first-order valence-corrected chi connectivity index (χ1v) is 31.6. The van der Waals surface area contributed by atoms with Crippen molar-refractivity contribution in [2.24, 2.45) is 12.8 Å². The van der Waals surface area contributed by atoms with Gasteiger partial charge in [-0.1, -0.05) is 6.07 Å². The molecule has 7 heterocycles. The van der Waals surface area contributed by atoms with Crippen molar-refractivity contribution in [3.8, 4) is 35.2 Å². The molecule has 7 aromatic heterocycles. The average Bonchev–Trinajstić information content (AvgIpc) is 1.28. The molecule has 0 atom stereocenters. The number of carbonyl (C=O) groups excluding carboxylic acids is 1. The van der Waals surface area contributed by atoms with Gasteiger partial charge in [0.1, 0.15) is 40.9 Å². The third-order valence-electron chi connectivity index (χ3n) is 10.5. The van der Waals surface area contributed by atoms with Crippen LogP contribution in [0.3, 0.4) is 0 Å². The zero-order valence-corrected chi connectivity index (χ0v) is 60.4. The van der Waals surface area contributed by atoms with E-state index in [1.165, 1.54) is 71.8 Å². The van der Waals surface area contributed by atoms with Crippen molar-refractivity contribution < 1.29 is 93.2 Å². The van der Waals surface area contributed by atoms with Gasteiger partial charge in [0, 0.05) is 116 Å². The summed E-state index contributed by atoms with van der Waals surface area (Å²) in [5.41, 5.74) is 6.59. The minimum Gasteiger partial charge on any atom is -0.796 e. The van der Waals surface area contributed by atoms with Gasteiger partial charge in [0.15, 0.2) is 29.5 Å². The Hall–Kier alpha value is -5.47. The molecule has 0 fully saturated rings. The van der Waals surface area contributed by atoms with E-state index >= 15 is 0 Å². The van der Waals surface area contributed by atoms with Gasteiger partial charge in [-0.2, -0.15) is 40.3 Å². The molecule has 0 unspecified atom stereocenters. The Morgan fingerprint density at radius 3 is 1.57 bits per heavy atom. The monoisotopic (exact) mass is 1600 g/mol. The number of sulfone groups is 3. The molecule has 88 heavy (non-hydrogen) atoms. The largest absolute Gasteiger partial charge is 1.00 e. The Morgan fingerprint density at radius 2 is 1.19 bits per heavy atom. The second kappa shape index (κ2) is 41.0. The molecule has 0 aliphatic heterocycles. The summed E-state index contributed by atoms with van der Waals surface area (Å²) in [5, 5.41) is 31.7. The van der Waals surface area contributed by atoms with E-state index in [-0.39, 0.29) is 132 Å². The molecule has 468 valence electrons. The molecule has 0 bridgehead atoms. The van der Waals surface area contributed by atoms with Gasteiger partial charge in [0.2, 0.25) is 0 Å². The molecule has 0 aliphatic rings. The van der Waals surface area contributed by atoms with Gasteiger partial charge in [-0.25, -0.2) is 40.2 Å².